The van der Waals surface area contributed by atoms with Crippen molar-refractivity contribution in [1.82, 2.24) is 0 Å². The first-order chi connectivity index (χ1) is 6.54. The van der Waals surface area contributed by atoms with Crippen LogP contribution in [0.15, 0.2) is 12.1 Å². The van der Waals surface area contributed by atoms with Crippen LogP contribution in [0.5, 0.6) is 5.75 Å². The van der Waals surface area contributed by atoms with E-state index in [9.17, 15) is 9.18 Å². The van der Waals surface area contributed by atoms with Crippen LogP contribution in [0.25, 0.3) is 0 Å². The van der Waals surface area contributed by atoms with Crippen molar-refractivity contribution >= 4 is 17.4 Å². The Morgan fingerprint density at radius 2 is 2.21 bits per heavy atom. The Morgan fingerprint density at radius 1 is 1.57 bits per heavy atom. The van der Waals surface area contributed by atoms with Crippen LogP contribution in [-0.4, -0.2) is 12.9 Å². The van der Waals surface area contributed by atoms with Crippen LogP contribution >= 0.6 is 11.6 Å². The Morgan fingerprint density at radius 3 is 2.64 bits per heavy atom. The van der Waals surface area contributed by atoms with Crippen molar-refractivity contribution in [2.45, 2.75) is 13.3 Å². The first-order valence-corrected chi connectivity index (χ1v) is 4.43. The maximum Gasteiger partial charge on any atom is 0.173 e. The second-order valence-electron chi connectivity index (χ2n) is 2.97. The predicted octanol–water partition coefficient (Wildman–Crippen LogP) is 2.62. The van der Waals surface area contributed by atoms with Gasteiger partial charge in [0.25, 0.3) is 0 Å². The lowest BCUT2D eigenvalue weighted by molar-refractivity contribution is -0.116. The third-order valence-corrected chi connectivity index (χ3v) is 2.00. The smallest absolute Gasteiger partial charge is 0.173 e. The van der Waals surface area contributed by atoms with Gasteiger partial charge in [-0.1, -0.05) is 11.6 Å². The number of carbonyl (C=O) groups excluding carboxylic acids is 1. The maximum absolute atomic E-state index is 13.2. The van der Waals surface area contributed by atoms with Crippen LogP contribution < -0.4 is 4.74 Å². The van der Waals surface area contributed by atoms with Crippen LogP contribution in [-0.2, 0) is 11.2 Å². The molecule has 0 N–H and O–H groups in total. The van der Waals surface area contributed by atoms with Crippen molar-refractivity contribution in [3.8, 4) is 5.75 Å². The second-order valence-corrected chi connectivity index (χ2v) is 3.38. The highest BCUT2D eigenvalue weighted by Crippen LogP contribution is 2.28. The first kappa shape index (κ1) is 11.0. The van der Waals surface area contributed by atoms with Crippen molar-refractivity contribution in [3.05, 3.63) is 28.5 Å². The first-order valence-electron chi connectivity index (χ1n) is 4.06. The molecule has 0 saturated carbocycles. The normalized spacial score (nSPS) is 10.0. The van der Waals surface area contributed by atoms with Gasteiger partial charge in [0.2, 0.25) is 0 Å². The van der Waals surface area contributed by atoms with Crippen LogP contribution in [0.3, 0.4) is 0 Å². The van der Waals surface area contributed by atoms with Gasteiger partial charge >= 0.3 is 0 Å². The molecule has 0 saturated heterocycles. The zero-order valence-electron chi connectivity index (χ0n) is 7.93. The van der Waals surface area contributed by atoms with Gasteiger partial charge < -0.3 is 4.74 Å². The minimum Gasteiger partial charge on any atom is -0.492 e. The lowest BCUT2D eigenvalue weighted by Gasteiger charge is -2.06. The van der Waals surface area contributed by atoms with E-state index in [1.807, 2.05) is 0 Å². The predicted molar refractivity (Wildman–Crippen MR) is 52.3 cm³/mol. The quantitative estimate of drug-likeness (QED) is 0.777. The fourth-order valence-electron chi connectivity index (χ4n) is 1.20. The summed E-state index contributed by atoms with van der Waals surface area (Å²) in [6.07, 6.45) is 0.181. The van der Waals surface area contributed by atoms with E-state index in [-0.39, 0.29) is 23.0 Å². The molecule has 2 nitrogen and oxygen atoms in total. The summed E-state index contributed by atoms with van der Waals surface area (Å²) in [7, 11) is 1.34. The number of hydrogen-bond donors (Lipinski definition) is 0. The molecule has 0 unspecified atom stereocenters. The summed E-state index contributed by atoms with van der Waals surface area (Å²) in [5.41, 5.74) is 0.556. The van der Waals surface area contributed by atoms with Gasteiger partial charge in [0.1, 0.15) is 5.78 Å². The molecule has 0 aliphatic rings. The third kappa shape index (κ3) is 2.45. The monoisotopic (exact) mass is 216 g/mol. The molecule has 0 aromatic heterocycles. The summed E-state index contributed by atoms with van der Waals surface area (Å²) in [5.74, 6) is -0.569. The molecule has 1 aromatic rings. The van der Waals surface area contributed by atoms with Crippen LogP contribution in [0.4, 0.5) is 4.39 Å². The number of halogens is 2. The molecule has 0 bridgehead atoms. The van der Waals surface area contributed by atoms with Crippen molar-refractivity contribution in [3.63, 3.8) is 0 Å². The second kappa shape index (κ2) is 4.42. The average Bonchev–Trinajstić information content (AvgIpc) is 2.01. The fraction of sp³-hybridized carbons (Fsp3) is 0.300. The number of Topliss-reactive ketones (excluding diaryl/α,β-unsaturated/α-hetero) is 1. The lowest BCUT2D eigenvalue weighted by Crippen LogP contribution is -1.98. The summed E-state index contributed by atoms with van der Waals surface area (Å²) in [6.45, 7) is 1.44. The molecule has 0 amide bonds. The summed E-state index contributed by atoms with van der Waals surface area (Å²) in [5, 5.41) is 0.184. The summed E-state index contributed by atoms with van der Waals surface area (Å²) in [6, 6.07) is 2.79. The van der Waals surface area contributed by atoms with E-state index in [4.69, 9.17) is 16.3 Å². The highest BCUT2D eigenvalue weighted by atomic mass is 35.5. The van der Waals surface area contributed by atoms with Crippen molar-refractivity contribution in [2.75, 3.05) is 7.11 Å². The largest absolute Gasteiger partial charge is 0.492 e. The highest BCUT2D eigenvalue weighted by molar-refractivity contribution is 6.32. The third-order valence-electron chi connectivity index (χ3n) is 1.72. The highest BCUT2D eigenvalue weighted by Gasteiger charge is 2.10. The minimum absolute atomic E-state index is 0.0129. The number of rotatable bonds is 3. The molecule has 0 aliphatic carbocycles. The van der Waals surface area contributed by atoms with Crippen molar-refractivity contribution in [1.29, 1.82) is 0 Å². The number of ketones is 1. The Kier molecular flexibility index (Phi) is 3.47. The number of hydrogen-bond acceptors (Lipinski definition) is 2. The Labute approximate surface area is 86.6 Å². The van der Waals surface area contributed by atoms with Gasteiger partial charge in [-0.3, -0.25) is 4.79 Å². The van der Waals surface area contributed by atoms with Gasteiger partial charge in [-0.25, -0.2) is 4.39 Å². The van der Waals surface area contributed by atoms with Crippen LogP contribution in [0, 0.1) is 5.82 Å². The number of carbonyl (C=O) groups is 1. The molecule has 1 rings (SSSR count). The molecule has 0 aliphatic heterocycles. The van der Waals surface area contributed by atoms with E-state index >= 15 is 0 Å². The molecule has 0 atom stereocenters. The average molecular weight is 217 g/mol. The fourth-order valence-corrected chi connectivity index (χ4v) is 1.50. The molecule has 76 valence electrons. The number of methoxy groups -OCH3 is 1. The van der Waals surface area contributed by atoms with E-state index in [1.165, 1.54) is 26.2 Å². The summed E-state index contributed by atoms with van der Waals surface area (Å²) < 4.78 is 18.0. The lowest BCUT2D eigenvalue weighted by atomic mass is 10.1. The van der Waals surface area contributed by atoms with E-state index in [1.54, 1.807) is 0 Å². The Bertz CT molecular complexity index is 340. The zero-order chi connectivity index (χ0) is 10.7. The Balaban J connectivity index is 3.07. The Hall–Kier alpha value is -1.09. The van der Waals surface area contributed by atoms with E-state index < -0.39 is 5.82 Å². The maximum atomic E-state index is 13.2. The van der Waals surface area contributed by atoms with E-state index in [2.05, 4.69) is 0 Å². The SMILES string of the molecule is COc1c(F)cc(CC(C)=O)cc1Cl. The summed E-state index contributed by atoms with van der Waals surface area (Å²) in [4.78, 5) is 10.8. The van der Waals surface area contributed by atoms with Gasteiger partial charge in [-0.15, -0.1) is 0 Å². The molecular weight excluding hydrogens is 207 g/mol. The molecule has 0 radical (unpaired) electrons. The van der Waals surface area contributed by atoms with Gasteiger partial charge in [0.15, 0.2) is 11.6 Å². The topological polar surface area (TPSA) is 26.3 Å². The van der Waals surface area contributed by atoms with Gasteiger partial charge in [0, 0.05) is 6.42 Å². The van der Waals surface area contributed by atoms with Crippen molar-refractivity contribution in [2.24, 2.45) is 0 Å². The molecule has 1 aromatic carbocycles. The molecule has 0 heterocycles. The minimum atomic E-state index is -0.545. The molecule has 0 fully saturated rings. The van der Waals surface area contributed by atoms with Crippen LogP contribution in [0.1, 0.15) is 12.5 Å². The number of benzene rings is 1. The standard InChI is InChI=1S/C10H10ClFO2/c1-6(13)3-7-4-8(11)10(14-2)9(12)5-7/h4-5H,3H2,1-2H3. The molecule has 0 spiro atoms. The molecule has 14 heavy (non-hydrogen) atoms. The molecular formula is C10H10ClFO2. The van der Waals surface area contributed by atoms with E-state index in [0.29, 0.717) is 5.56 Å². The van der Waals surface area contributed by atoms with Gasteiger partial charge in [-0.05, 0) is 24.6 Å². The van der Waals surface area contributed by atoms with E-state index in [0.717, 1.165) is 0 Å². The molecule has 4 heteroatoms. The summed E-state index contributed by atoms with van der Waals surface area (Å²) >= 11 is 5.74. The van der Waals surface area contributed by atoms with Crippen LogP contribution in [0.2, 0.25) is 5.02 Å². The number of ether oxygens (including phenoxy) is 1. The zero-order valence-corrected chi connectivity index (χ0v) is 8.69. The van der Waals surface area contributed by atoms with Gasteiger partial charge in [0.05, 0.1) is 12.1 Å². The van der Waals surface area contributed by atoms with Gasteiger partial charge in [-0.2, -0.15) is 0 Å². The van der Waals surface area contributed by atoms with Crippen molar-refractivity contribution < 1.29 is 13.9 Å².